The van der Waals surface area contributed by atoms with E-state index in [4.69, 9.17) is 10.1 Å². The molecule has 1 saturated heterocycles. The highest BCUT2D eigenvalue weighted by Gasteiger charge is 2.52. The van der Waals surface area contributed by atoms with Crippen molar-refractivity contribution in [2.45, 2.75) is 12.5 Å². The molecule has 3 N–H and O–H groups in total. The highest BCUT2D eigenvalue weighted by Crippen LogP contribution is 2.41. The van der Waals surface area contributed by atoms with Crippen LogP contribution in [0.15, 0.2) is 24.3 Å². The highest BCUT2D eigenvalue weighted by molar-refractivity contribution is 6.08. The minimum absolute atomic E-state index is 0. The Labute approximate surface area is 111 Å². The van der Waals surface area contributed by atoms with Gasteiger partial charge in [0.25, 0.3) is 0 Å². The minimum Gasteiger partial charge on any atom is -0.491 e. The van der Waals surface area contributed by atoms with E-state index in [1.807, 2.05) is 31.2 Å². The van der Waals surface area contributed by atoms with Crippen molar-refractivity contribution in [2.24, 2.45) is 0 Å². The fourth-order valence-electron chi connectivity index (χ4n) is 2.65. The standard InChI is InChI=1S/C13H15N3O2.H2O/c1-13-9-5-3-4-6-10(9)18-8-7-16(11(13)14)12(17)15(13)2;/h3-6,14H,7-8H2,1-2H3;1H2/t13-;/m0./s1. The number of carbonyl (C=O) groups is 1. The summed E-state index contributed by atoms with van der Waals surface area (Å²) in [6, 6.07) is 7.48. The van der Waals surface area contributed by atoms with Crippen LogP contribution in [0.1, 0.15) is 12.5 Å². The number of ether oxygens (including phenoxy) is 1. The molecule has 102 valence electrons. The zero-order valence-corrected chi connectivity index (χ0v) is 10.9. The van der Waals surface area contributed by atoms with Crippen LogP contribution in [-0.4, -0.2) is 47.3 Å². The maximum atomic E-state index is 12.2. The third-order valence-corrected chi connectivity index (χ3v) is 3.90. The van der Waals surface area contributed by atoms with Gasteiger partial charge in [0, 0.05) is 12.6 Å². The van der Waals surface area contributed by atoms with Gasteiger partial charge in [0.15, 0.2) is 0 Å². The van der Waals surface area contributed by atoms with Gasteiger partial charge in [-0.05, 0) is 13.0 Å². The van der Waals surface area contributed by atoms with Gasteiger partial charge in [-0.2, -0.15) is 0 Å². The first kappa shape index (κ1) is 13.4. The summed E-state index contributed by atoms with van der Waals surface area (Å²) in [5.41, 5.74) is 0.127. The molecule has 0 radical (unpaired) electrons. The lowest BCUT2D eigenvalue weighted by atomic mass is 9.89. The number of benzene rings is 1. The first-order valence-corrected chi connectivity index (χ1v) is 5.93. The molecule has 0 spiro atoms. The molecule has 2 bridgehead atoms. The van der Waals surface area contributed by atoms with Gasteiger partial charge < -0.3 is 15.1 Å². The Balaban J connectivity index is 0.00000133. The Morgan fingerprint density at radius 3 is 2.79 bits per heavy atom. The van der Waals surface area contributed by atoms with Gasteiger partial charge in [-0.15, -0.1) is 0 Å². The number of fused-ring (bicyclic) bond motifs is 4. The quantitative estimate of drug-likeness (QED) is 0.750. The summed E-state index contributed by atoms with van der Waals surface area (Å²) in [4.78, 5) is 15.3. The summed E-state index contributed by atoms with van der Waals surface area (Å²) in [5, 5.41) is 8.30. The summed E-state index contributed by atoms with van der Waals surface area (Å²) >= 11 is 0. The van der Waals surface area contributed by atoms with Gasteiger partial charge in [-0.1, -0.05) is 18.2 Å². The topological polar surface area (TPSA) is 88.1 Å². The summed E-state index contributed by atoms with van der Waals surface area (Å²) in [6.07, 6.45) is 0. The Hall–Kier alpha value is -2.08. The molecule has 6 heteroatoms. The molecule has 2 aliphatic rings. The van der Waals surface area contributed by atoms with Crippen molar-refractivity contribution in [1.29, 1.82) is 5.41 Å². The van der Waals surface area contributed by atoms with Crippen molar-refractivity contribution < 1.29 is 15.0 Å². The smallest absolute Gasteiger partial charge is 0.326 e. The van der Waals surface area contributed by atoms with E-state index >= 15 is 0 Å². The summed E-state index contributed by atoms with van der Waals surface area (Å²) in [5.74, 6) is 1.08. The zero-order chi connectivity index (χ0) is 12.9. The molecule has 19 heavy (non-hydrogen) atoms. The average molecular weight is 263 g/mol. The van der Waals surface area contributed by atoms with Crippen LogP contribution in [0.5, 0.6) is 5.75 Å². The van der Waals surface area contributed by atoms with E-state index in [1.165, 1.54) is 4.90 Å². The number of urea groups is 1. The Morgan fingerprint density at radius 2 is 2.05 bits per heavy atom. The number of para-hydroxylation sites is 1. The third-order valence-electron chi connectivity index (χ3n) is 3.90. The Kier molecular flexibility index (Phi) is 2.98. The summed E-state index contributed by atoms with van der Waals surface area (Å²) in [7, 11) is 1.74. The van der Waals surface area contributed by atoms with Gasteiger partial charge in [0.1, 0.15) is 23.7 Å². The van der Waals surface area contributed by atoms with Crippen molar-refractivity contribution in [1.82, 2.24) is 9.80 Å². The van der Waals surface area contributed by atoms with Gasteiger partial charge >= 0.3 is 6.03 Å². The molecule has 1 fully saturated rings. The molecule has 2 heterocycles. The largest absolute Gasteiger partial charge is 0.491 e. The molecule has 3 rings (SSSR count). The number of hydrogen-bond donors (Lipinski definition) is 1. The fraction of sp³-hybridized carbons (Fsp3) is 0.385. The van der Waals surface area contributed by atoms with Crippen molar-refractivity contribution in [3.05, 3.63) is 29.8 Å². The molecule has 1 aromatic carbocycles. The molecule has 1 atom stereocenters. The van der Waals surface area contributed by atoms with Gasteiger partial charge in [0.2, 0.25) is 0 Å². The highest BCUT2D eigenvalue weighted by atomic mass is 16.5. The van der Waals surface area contributed by atoms with E-state index in [0.717, 1.165) is 11.3 Å². The lowest BCUT2D eigenvalue weighted by Crippen LogP contribution is -2.43. The fourth-order valence-corrected chi connectivity index (χ4v) is 2.65. The third kappa shape index (κ3) is 1.53. The normalized spacial score (nSPS) is 25.2. The molecule has 0 unspecified atom stereocenters. The van der Waals surface area contributed by atoms with Crippen LogP contribution in [0.25, 0.3) is 0 Å². The van der Waals surface area contributed by atoms with Gasteiger partial charge in [-0.3, -0.25) is 10.3 Å². The molecule has 6 nitrogen and oxygen atoms in total. The number of amides is 2. The number of rotatable bonds is 0. The zero-order valence-electron chi connectivity index (χ0n) is 10.9. The van der Waals surface area contributed by atoms with E-state index in [2.05, 4.69) is 0 Å². The molecule has 1 aromatic rings. The van der Waals surface area contributed by atoms with E-state index in [0.29, 0.717) is 19.0 Å². The lowest BCUT2D eigenvalue weighted by molar-refractivity contribution is 0.183. The second-order valence-electron chi connectivity index (χ2n) is 4.76. The van der Waals surface area contributed by atoms with E-state index < -0.39 is 5.54 Å². The second kappa shape index (κ2) is 4.24. The van der Waals surface area contributed by atoms with Crippen molar-refractivity contribution >= 4 is 11.9 Å². The number of carbonyl (C=O) groups excluding carboxylic acids is 1. The minimum atomic E-state index is -0.742. The van der Waals surface area contributed by atoms with Crippen molar-refractivity contribution in [3.8, 4) is 5.75 Å². The maximum absolute atomic E-state index is 12.2. The molecule has 2 aliphatic heterocycles. The monoisotopic (exact) mass is 263 g/mol. The number of nitrogens with zero attached hydrogens (tertiary/aromatic N) is 2. The van der Waals surface area contributed by atoms with Gasteiger partial charge in [0.05, 0.1) is 6.54 Å². The van der Waals surface area contributed by atoms with Gasteiger partial charge in [-0.25, -0.2) is 4.79 Å². The predicted molar refractivity (Wildman–Crippen MR) is 70.5 cm³/mol. The van der Waals surface area contributed by atoms with Crippen LogP contribution in [0, 0.1) is 5.41 Å². The summed E-state index contributed by atoms with van der Waals surface area (Å²) < 4.78 is 5.70. The van der Waals surface area contributed by atoms with Crippen molar-refractivity contribution in [2.75, 3.05) is 20.2 Å². The number of nitrogens with one attached hydrogen (secondary N) is 1. The average Bonchev–Trinajstić information content (AvgIpc) is 2.56. The molecule has 0 aromatic heterocycles. The maximum Gasteiger partial charge on any atom is 0.326 e. The van der Waals surface area contributed by atoms with E-state index in [-0.39, 0.29) is 11.5 Å². The van der Waals surface area contributed by atoms with Crippen LogP contribution in [-0.2, 0) is 5.54 Å². The van der Waals surface area contributed by atoms with Crippen LogP contribution < -0.4 is 4.74 Å². The van der Waals surface area contributed by atoms with Crippen LogP contribution in [0.2, 0.25) is 0 Å². The molecular formula is C13H17N3O3. The Morgan fingerprint density at radius 1 is 1.37 bits per heavy atom. The first-order chi connectivity index (χ1) is 8.56. The second-order valence-corrected chi connectivity index (χ2v) is 4.76. The lowest BCUT2D eigenvalue weighted by Gasteiger charge is -2.33. The molecular weight excluding hydrogens is 246 g/mol. The van der Waals surface area contributed by atoms with Crippen LogP contribution >= 0.6 is 0 Å². The van der Waals surface area contributed by atoms with Crippen LogP contribution in [0.4, 0.5) is 4.79 Å². The number of likely N-dealkylation sites (N-methyl/N-ethyl adjacent to an activating group) is 1. The van der Waals surface area contributed by atoms with E-state index in [1.54, 1.807) is 11.9 Å². The van der Waals surface area contributed by atoms with Crippen LogP contribution in [0.3, 0.4) is 0 Å². The first-order valence-electron chi connectivity index (χ1n) is 5.93. The van der Waals surface area contributed by atoms with Crippen molar-refractivity contribution in [3.63, 3.8) is 0 Å². The SMILES string of the molecule is CN1C(=O)N2CCOc3ccccc3[C@@]1(C)C2=N.O. The summed E-state index contributed by atoms with van der Waals surface area (Å²) in [6.45, 7) is 2.72. The molecule has 0 aliphatic carbocycles. The molecule has 2 amide bonds. The number of amidine groups is 1. The Bertz CT molecular complexity index is 546. The molecule has 0 saturated carbocycles. The van der Waals surface area contributed by atoms with E-state index in [9.17, 15) is 4.79 Å². The predicted octanol–water partition coefficient (Wildman–Crippen LogP) is 0.814. The number of hydrogen-bond acceptors (Lipinski definition) is 3.